The molecule has 5 heteroatoms. The maximum Gasteiger partial charge on any atom is 0.260 e. The van der Waals surface area contributed by atoms with Crippen LogP contribution in [0.3, 0.4) is 0 Å². The first kappa shape index (κ1) is 13.2. The normalized spacial score (nSPS) is 10.0. The van der Waals surface area contributed by atoms with Gasteiger partial charge in [-0.05, 0) is 36.4 Å². The van der Waals surface area contributed by atoms with Gasteiger partial charge in [-0.1, -0.05) is 17.7 Å². The van der Waals surface area contributed by atoms with Crippen LogP contribution in [-0.2, 0) is 0 Å². The Hall–Kier alpha value is -2.20. The molecule has 0 atom stereocenters. The number of amides is 1. The number of benzene rings is 2. The second-order valence-electron chi connectivity index (χ2n) is 3.79. The van der Waals surface area contributed by atoms with E-state index in [0.717, 1.165) is 6.07 Å². The smallest absolute Gasteiger partial charge is 0.260 e. The van der Waals surface area contributed by atoms with Crippen LogP contribution in [0.1, 0.15) is 20.7 Å². The summed E-state index contributed by atoms with van der Waals surface area (Å²) in [5, 5.41) is 2.56. The Kier molecular flexibility index (Phi) is 3.92. The summed E-state index contributed by atoms with van der Waals surface area (Å²) in [4.78, 5) is 22.4. The molecule has 1 N–H and O–H groups in total. The molecule has 19 heavy (non-hydrogen) atoms. The van der Waals surface area contributed by atoms with Gasteiger partial charge in [0.05, 0.1) is 10.6 Å². The van der Waals surface area contributed by atoms with Gasteiger partial charge in [-0.15, -0.1) is 0 Å². The lowest BCUT2D eigenvalue weighted by molar-refractivity contribution is 0.102. The first-order valence-corrected chi connectivity index (χ1v) is 5.80. The van der Waals surface area contributed by atoms with Gasteiger partial charge in [0.25, 0.3) is 5.91 Å². The number of hydrogen-bond donors (Lipinski definition) is 1. The Labute approximate surface area is 114 Å². The summed E-state index contributed by atoms with van der Waals surface area (Å²) < 4.78 is 13.5. The van der Waals surface area contributed by atoms with E-state index in [-0.39, 0.29) is 10.6 Å². The average Bonchev–Trinajstić information content (AvgIpc) is 2.39. The lowest BCUT2D eigenvalue weighted by atomic mass is 10.2. The molecule has 0 fully saturated rings. The first-order valence-electron chi connectivity index (χ1n) is 5.42. The number of hydrogen-bond acceptors (Lipinski definition) is 2. The van der Waals surface area contributed by atoms with Gasteiger partial charge < -0.3 is 5.32 Å². The fourth-order valence-corrected chi connectivity index (χ4v) is 1.80. The summed E-state index contributed by atoms with van der Waals surface area (Å²) in [5.41, 5.74) is 0.737. The van der Waals surface area contributed by atoms with Crippen molar-refractivity contribution in [1.29, 1.82) is 0 Å². The number of carbonyl (C=O) groups is 2. The highest BCUT2D eigenvalue weighted by Crippen LogP contribution is 2.20. The summed E-state index contributed by atoms with van der Waals surface area (Å²) in [6.45, 7) is 0. The largest absolute Gasteiger partial charge is 0.322 e. The molecule has 2 rings (SSSR count). The van der Waals surface area contributed by atoms with Gasteiger partial charge in [-0.2, -0.15) is 0 Å². The molecular formula is C14H9ClFNO2. The van der Waals surface area contributed by atoms with Crippen molar-refractivity contribution in [2.45, 2.75) is 0 Å². The molecule has 2 aromatic rings. The summed E-state index contributed by atoms with van der Waals surface area (Å²) in [7, 11) is 0. The fraction of sp³-hybridized carbons (Fsp3) is 0. The highest BCUT2D eigenvalue weighted by atomic mass is 35.5. The lowest BCUT2D eigenvalue weighted by Crippen LogP contribution is -2.14. The number of halogens is 2. The predicted octanol–water partition coefficient (Wildman–Crippen LogP) is 3.54. The number of aldehydes is 1. The zero-order valence-electron chi connectivity index (χ0n) is 9.69. The Morgan fingerprint density at radius 1 is 1.16 bits per heavy atom. The fourth-order valence-electron chi connectivity index (χ4n) is 1.55. The highest BCUT2D eigenvalue weighted by molar-refractivity contribution is 6.34. The van der Waals surface area contributed by atoms with E-state index in [4.69, 9.17) is 11.6 Å². The van der Waals surface area contributed by atoms with Gasteiger partial charge in [0.15, 0.2) is 0 Å². The van der Waals surface area contributed by atoms with Crippen LogP contribution >= 0.6 is 11.6 Å². The number of anilines is 1. The zero-order chi connectivity index (χ0) is 13.8. The number of carbonyl (C=O) groups excluding carboxylic acids is 2. The maximum atomic E-state index is 13.5. The summed E-state index contributed by atoms with van der Waals surface area (Å²) in [6.07, 6.45) is 0.694. The molecule has 0 unspecified atom stereocenters. The molecule has 0 aliphatic rings. The molecule has 1 amide bonds. The highest BCUT2D eigenvalue weighted by Gasteiger charge is 2.15. The van der Waals surface area contributed by atoms with Crippen molar-refractivity contribution in [3.8, 4) is 0 Å². The Morgan fingerprint density at radius 3 is 2.42 bits per heavy atom. The van der Waals surface area contributed by atoms with Gasteiger partial charge in [-0.25, -0.2) is 4.39 Å². The van der Waals surface area contributed by atoms with E-state index in [1.165, 1.54) is 12.1 Å². The molecule has 0 aliphatic carbocycles. The van der Waals surface area contributed by atoms with Gasteiger partial charge >= 0.3 is 0 Å². The van der Waals surface area contributed by atoms with Crippen LogP contribution < -0.4 is 5.32 Å². The molecule has 0 saturated carbocycles. The Balaban J connectivity index is 2.23. The van der Waals surface area contributed by atoms with Crippen LogP contribution in [-0.4, -0.2) is 12.2 Å². The van der Waals surface area contributed by atoms with Crippen molar-refractivity contribution in [3.63, 3.8) is 0 Å². The number of rotatable bonds is 3. The Bertz CT molecular complexity index is 606. The van der Waals surface area contributed by atoms with Crippen LogP contribution in [0.4, 0.5) is 10.1 Å². The molecule has 0 aromatic heterocycles. The van der Waals surface area contributed by atoms with Crippen molar-refractivity contribution < 1.29 is 14.0 Å². The van der Waals surface area contributed by atoms with E-state index in [0.29, 0.717) is 17.5 Å². The second kappa shape index (κ2) is 5.63. The van der Waals surface area contributed by atoms with Crippen molar-refractivity contribution in [2.75, 3.05) is 5.32 Å². The van der Waals surface area contributed by atoms with Crippen LogP contribution in [0.5, 0.6) is 0 Å². The van der Waals surface area contributed by atoms with E-state index >= 15 is 0 Å². The van der Waals surface area contributed by atoms with Crippen molar-refractivity contribution in [1.82, 2.24) is 0 Å². The minimum Gasteiger partial charge on any atom is -0.322 e. The molecule has 0 heterocycles. The van der Waals surface area contributed by atoms with Crippen molar-refractivity contribution in [3.05, 3.63) is 64.4 Å². The van der Waals surface area contributed by atoms with Crippen LogP contribution in [0, 0.1) is 5.82 Å². The average molecular weight is 278 g/mol. The second-order valence-corrected chi connectivity index (χ2v) is 4.20. The van der Waals surface area contributed by atoms with Crippen LogP contribution in [0.2, 0.25) is 5.02 Å². The van der Waals surface area contributed by atoms with Gasteiger partial charge in [-0.3, -0.25) is 9.59 Å². The van der Waals surface area contributed by atoms with Gasteiger partial charge in [0.1, 0.15) is 12.1 Å². The minimum atomic E-state index is -0.686. The summed E-state index contributed by atoms with van der Waals surface area (Å²) in [5.74, 6) is -1.32. The SMILES string of the molecule is O=Cc1ccc(NC(=O)c2c(F)cccc2Cl)cc1. The minimum absolute atomic E-state index is 0.0435. The van der Waals surface area contributed by atoms with E-state index in [9.17, 15) is 14.0 Å². The number of nitrogens with one attached hydrogen (secondary N) is 1. The molecule has 2 aromatic carbocycles. The van der Waals surface area contributed by atoms with Crippen LogP contribution in [0.25, 0.3) is 0 Å². The van der Waals surface area contributed by atoms with Gasteiger partial charge in [0.2, 0.25) is 0 Å². The van der Waals surface area contributed by atoms with E-state index < -0.39 is 11.7 Å². The lowest BCUT2D eigenvalue weighted by Gasteiger charge is -2.07. The predicted molar refractivity (Wildman–Crippen MR) is 71.2 cm³/mol. The molecule has 96 valence electrons. The summed E-state index contributed by atoms with van der Waals surface area (Å²) >= 11 is 5.79. The van der Waals surface area contributed by atoms with Crippen LogP contribution in [0.15, 0.2) is 42.5 Å². The van der Waals surface area contributed by atoms with E-state index in [1.807, 2.05) is 0 Å². The van der Waals surface area contributed by atoms with E-state index in [1.54, 1.807) is 24.3 Å². The summed E-state index contributed by atoms with van der Waals surface area (Å²) in [6, 6.07) is 10.2. The third kappa shape index (κ3) is 2.98. The standard InChI is InChI=1S/C14H9ClFNO2/c15-11-2-1-3-12(16)13(11)14(19)17-10-6-4-9(8-18)5-7-10/h1-8H,(H,17,19). The molecule has 0 saturated heterocycles. The third-order valence-corrected chi connectivity index (χ3v) is 2.81. The quantitative estimate of drug-likeness (QED) is 0.872. The maximum absolute atomic E-state index is 13.5. The van der Waals surface area contributed by atoms with Gasteiger partial charge in [0, 0.05) is 11.3 Å². The molecule has 3 nitrogen and oxygen atoms in total. The van der Waals surface area contributed by atoms with Crippen molar-refractivity contribution >= 4 is 29.5 Å². The molecule has 0 bridgehead atoms. The first-order chi connectivity index (χ1) is 9.11. The molecule has 0 aliphatic heterocycles. The molecular weight excluding hydrogens is 269 g/mol. The van der Waals surface area contributed by atoms with E-state index in [2.05, 4.69) is 5.32 Å². The van der Waals surface area contributed by atoms with Crippen molar-refractivity contribution in [2.24, 2.45) is 0 Å². The zero-order valence-corrected chi connectivity index (χ0v) is 10.4. The molecule has 0 radical (unpaired) electrons. The monoisotopic (exact) mass is 277 g/mol. The Morgan fingerprint density at radius 2 is 1.84 bits per heavy atom. The molecule has 0 spiro atoms. The third-order valence-electron chi connectivity index (χ3n) is 2.49. The topological polar surface area (TPSA) is 46.2 Å².